The van der Waals surface area contributed by atoms with Gasteiger partial charge in [-0.3, -0.25) is 4.79 Å². The van der Waals surface area contributed by atoms with Gasteiger partial charge in [-0.15, -0.1) is 0 Å². The van der Waals surface area contributed by atoms with Crippen molar-refractivity contribution >= 4 is 5.97 Å². The molecule has 3 N–H and O–H groups in total. The number of aliphatic hydroxyl groups is 3. The van der Waals surface area contributed by atoms with E-state index < -0.39 is 24.4 Å². The van der Waals surface area contributed by atoms with Crippen LogP contribution in [-0.2, 0) is 33.2 Å². The Balaban J connectivity index is 2.27. The van der Waals surface area contributed by atoms with Gasteiger partial charge in [0.2, 0.25) is 0 Å². The number of hydrogen-bond acceptors (Lipinski definition) is 10. The van der Waals surface area contributed by atoms with Crippen molar-refractivity contribution in [3.05, 3.63) is 0 Å². The van der Waals surface area contributed by atoms with Crippen LogP contribution < -0.4 is 0 Å². The van der Waals surface area contributed by atoms with E-state index in [1.807, 2.05) is 0 Å². The Bertz CT molecular complexity index is 507. The number of esters is 1. The Hall–Kier alpha value is -0.850. The molecule has 0 radical (unpaired) electrons. The first-order chi connectivity index (χ1) is 17.7. The van der Waals surface area contributed by atoms with Crippen molar-refractivity contribution in [2.75, 3.05) is 66.1 Å². The summed E-state index contributed by atoms with van der Waals surface area (Å²) in [6.45, 7) is 2.88. The first kappa shape index (κ1) is 33.2. The Morgan fingerprint density at radius 1 is 0.833 bits per heavy atom. The molecule has 214 valence electrons. The summed E-state index contributed by atoms with van der Waals surface area (Å²) in [6, 6.07) is 0. The highest BCUT2D eigenvalue weighted by molar-refractivity contribution is 5.69. The van der Waals surface area contributed by atoms with Crippen LogP contribution in [0.3, 0.4) is 0 Å². The standard InChI is InChI=1S/C26H50O10/c1-2-3-4-5-6-7-8-9-10-11-24(30)34-19-18-31-20-22(32-15-12-27)26-25(35-17-14-29)23(21-36-26)33-16-13-28/h22-23,25-29H,2-21H2,1H3/t22-,23-,25-,26-/m1/s1. The van der Waals surface area contributed by atoms with Crippen LogP contribution in [0.2, 0.25) is 0 Å². The quantitative estimate of drug-likeness (QED) is 0.121. The van der Waals surface area contributed by atoms with Gasteiger partial charge in [0.1, 0.15) is 31.0 Å². The highest BCUT2D eigenvalue weighted by Gasteiger charge is 2.44. The zero-order valence-corrected chi connectivity index (χ0v) is 22.2. The predicted octanol–water partition coefficient (Wildman–Crippen LogP) is 2.00. The van der Waals surface area contributed by atoms with Crippen molar-refractivity contribution in [1.82, 2.24) is 0 Å². The lowest BCUT2D eigenvalue weighted by Gasteiger charge is -2.29. The Kier molecular flexibility index (Phi) is 21.5. The van der Waals surface area contributed by atoms with Gasteiger partial charge in [0.05, 0.1) is 59.5 Å². The van der Waals surface area contributed by atoms with Crippen LogP contribution in [0.4, 0.5) is 0 Å². The third-order valence-corrected chi connectivity index (χ3v) is 6.01. The number of unbranched alkanes of at least 4 members (excludes halogenated alkanes) is 8. The molecule has 1 fully saturated rings. The highest BCUT2D eigenvalue weighted by atomic mass is 16.6. The lowest BCUT2D eigenvalue weighted by molar-refractivity contribution is -0.149. The zero-order valence-electron chi connectivity index (χ0n) is 22.2. The van der Waals surface area contributed by atoms with E-state index in [0.29, 0.717) is 6.42 Å². The van der Waals surface area contributed by atoms with Crippen LogP contribution in [0.25, 0.3) is 0 Å². The molecular formula is C26H50O10. The topological polar surface area (TPSA) is 133 Å². The van der Waals surface area contributed by atoms with E-state index in [9.17, 15) is 9.90 Å². The van der Waals surface area contributed by atoms with Crippen molar-refractivity contribution < 1.29 is 48.5 Å². The van der Waals surface area contributed by atoms with Crippen LogP contribution in [0.1, 0.15) is 71.1 Å². The monoisotopic (exact) mass is 522 g/mol. The van der Waals surface area contributed by atoms with Gasteiger partial charge >= 0.3 is 5.97 Å². The molecule has 10 heteroatoms. The second kappa shape index (κ2) is 23.3. The fourth-order valence-corrected chi connectivity index (χ4v) is 4.17. The predicted molar refractivity (Wildman–Crippen MR) is 134 cm³/mol. The summed E-state index contributed by atoms with van der Waals surface area (Å²) in [4.78, 5) is 11.9. The Labute approximate surface area is 216 Å². The van der Waals surface area contributed by atoms with E-state index in [0.717, 1.165) is 19.3 Å². The normalized spacial score (nSPS) is 20.6. The minimum atomic E-state index is -0.554. The molecule has 0 aliphatic carbocycles. The largest absolute Gasteiger partial charge is 0.463 e. The Morgan fingerprint density at radius 3 is 2.14 bits per heavy atom. The summed E-state index contributed by atoms with van der Waals surface area (Å²) in [6.07, 6.45) is 9.17. The lowest BCUT2D eigenvalue weighted by atomic mass is 10.1. The van der Waals surface area contributed by atoms with Crippen LogP contribution in [0, 0.1) is 0 Å². The molecule has 0 unspecified atom stereocenters. The van der Waals surface area contributed by atoms with E-state index >= 15 is 0 Å². The summed E-state index contributed by atoms with van der Waals surface area (Å²) in [5.74, 6) is -0.213. The maximum atomic E-state index is 11.9. The van der Waals surface area contributed by atoms with Gasteiger partial charge in [-0.1, -0.05) is 58.3 Å². The average Bonchev–Trinajstić information content (AvgIpc) is 3.29. The van der Waals surface area contributed by atoms with Crippen LogP contribution in [-0.4, -0.2) is 112 Å². The molecule has 1 aliphatic rings. The molecule has 1 heterocycles. The molecule has 0 aromatic rings. The maximum Gasteiger partial charge on any atom is 0.305 e. The third kappa shape index (κ3) is 15.4. The second-order valence-corrected chi connectivity index (χ2v) is 9.00. The number of aliphatic hydroxyl groups excluding tert-OH is 3. The van der Waals surface area contributed by atoms with Gasteiger partial charge in [0, 0.05) is 6.42 Å². The molecular weight excluding hydrogens is 472 g/mol. The number of carbonyl (C=O) groups is 1. The van der Waals surface area contributed by atoms with Crippen molar-refractivity contribution in [3.63, 3.8) is 0 Å². The smallest absolute Gasteiger partial charge is 0.305 e. The maximum absolute atomic E-state index is 11.9. The number of rotatable bonds is 25. The second-order valence-electron chi connectivity index (χ2n) is 9.00. The third-order valence-electron chi connectivity index (χ3n) is 6.01. The molecule has 10 nitrogen and oxygen atoms in total. The van der Waals surface area contributed by atoms with E-state index in [4.69, 9.17) is 38.6 Å². The van der Waals surface area contributed by atoms with Gasteiger partial charge < -0.3 is 43.7 Å². The van der Waals surface area contributed by atoms with Crippen LogP contribution in [0.15, 0.2) is 0 Å². The molecule has 0 aromatic heterocycles. The van der Waals surface area contributed by atoms with Gasteiger partial charge in [-0.25, -0.2) is 0 Å². The van der Waals surface area contributed by atoms with E-state index in [-0.39, 0.29) is 72.0 Å². The first-order valence-electron chi connectivity index (χ1n) is 13.7. The summed E-state index contributed by atoms with van der Waals surface area (Å²) < 4.78 is 33.8. The fraction of sp³-hybridized carbons (Fsp3) is 0.962. The van der Waals surface area contributed by atoms with Gasteiger partial charge in [-0.05, 0) is 6.42 Å². The Morgan fingerprint density at radius 2 is 1.47 bits per heavy atom. The number of hydrogen-bond donors (Lipinski definition) is 3. The minimum absolute atomic E-state index is 0.0937. The van der Waals surface area contributed by atoms with Crippen LogP contribution in [0.5, 0.6) is 0 Å². The molecule has 1 saturated heterocycles. The summed E-state index contributed by atoms with van der Waals surface area (Å²) >= 11 is 0. The van der Waals surface area contributed by atoms with Gasteiger partial charge in [-0.2, -0.15) is 0 Å². The summed E-state index contributed by atoms with van der Waals surface area (Å²) in [7, 11) is 0. The van der Waals surface area contributed by atoms with Gasteiger partial charge in [0.15, 0.2) is 0 Å². The zero-order chi connectivity index (χ0) is 26.3. The summed E-state index contributed by atoms with van der Waals surface area (Å²) in [5, 5.41) is 27.4. The van der Waals surface area contributed by atoms with Gasteiger partial charge in [0.25, 0.3) is 0 Å². The molecule has 1 rings (SSSR count). The van der Waals surface area contributed by atoms with Crippen molar-refractivity contribution in [2.24, 2.45) is 0 Å². The van der Waals surface area contributed by atoms with E-state index in [2.05, 4.69) is 6.92 Å². The highest BCUT2D eigenvalue weighted by Crippen LogP contribution is 2.25. The molecule has 0 bridgehead atoms. The number of carbonyl (C=O) groups excluding carboxylic acids is 1. The molecule has 1 aliphatic heterocycles. The number of ether oxygens (including phenoxy) is 6. The molecule has 0 aromatic carbocycles. The fourth-order valence-electron chi connectivity index (χ4n) is 4.17. The lowest BCUT2D eigenvalue weighted by Crippen LogP contribution is -2.45. The van der Waals surface area contributed by atoms with E-state index in [1.54, 1.807) is 0 Å². The molecule has 0 amide bonds. The molecule has 4 atom stereocenters. The SMILES string of the molecule is CCCCCCCCCCCC(=O)OCCOC[C@@H](OCCO)[C@H]1OC[C@@H](OCCO)[C@H]1OCCO. The average molecular weight is 523 g/mol. The van der Waals surface area contributed by atoms with Crippen molar-refractivity contribution in [2.45, 2.75) is 95.5 Å². The van der Waals surface area contributed by atoms with Crippen molar-refractivity contribution in [3.8, 4) is 0 Å². The molecule has 36 heavy (non-hydrogen) atoms. The van der Waals surface area contributed by atoms with Crippen molar-refractivity contribution in [1.29, 1.82) is 0 Å². The van der Waals surface area contributed by atoms with Crippen LogP contribution >= 0.6 is 0 Å². The molecule has 0 saturated carbocycles. The van der Waals surface area contributed by atoms with E-state index in [1.165, 1.54) is 38.5 Å². The summed E-state index contributed by atoms with van der Waals surface area (Å²) in [5.41, 5.74) is 0. The minimum Gasteiger partial charge on any atom is -0.463 e. The molecule has 0 spiro atoms. The first-order valence-corrected chi connectivity index (χ1v) is 13.7.